The summed E-state index contributed by atoms with van der Waals surface area (Å²) in [5.74, 6) is -0.817. The van der Waals surface area contributed by atoms with E-state index in [2.05, 4.69) is 0 Å². The fraction of sp³-hybridized carbons (Fsp3) is 0.0769. The number of nitrogens with zero attached hydrogens (tertiary/aromatic N) is 1. The van der Waals surface area contributed by atoms with Gasteiger partial charge in [0, 0.05) is 20.2 Å². The van der Waals surface area contributed by atoms with Crippen molar-refractivity contribution in [2.24, 2.45) is 0 Å². The van der Waals surface area contributed by atoms with Crippen LogP contribution in [0.5, 0.6) is 5.75 Å². The molecule has 0 radical (unpaired) electrons. The van der Waals surface area contributed by atoms with Crippen molar-refractivity contribution in [2.75, 3.05) is 6.26 Å². The van der Waals surface area contributed by atoms with Crippen molar-refractivity contribution >= 4 is 57.0 Å². The lowest BCUT2D eigenvalue weighted by Crippen LogP contribution is -2.23. The Labute approximate surface area is 212 Å². The summed E-state index contributed by atoms with van der Waals surface area (Å²) in [6.07, 6.45) is 1.91. The van der Waals surface area contributed by atoms with E-state index >= 15 is 0 Å². The highest BCUT2D eigenvalue weighted by Crippen LogP contribution is 2.38. The van der Waals surface area contributed by atoms with E-state index in [1.54, 1.807) is 42.5 Å². The normalized spacial score (nSPS) is 11.4. The third-order valence-electron chi connectivity index (χ3n) is 5.54. The first-order valence-electron chi connectivity index (χ1n) is 10.4. The van der Waals surface area contributed by atoms with Crippen molar-refractivity contribution in [1.82, 2.24) is 4.57 Å². The number of hydrogen-bond donors (Lipinski definition) is 1. The quantitative estimate of drug-likeness (QED) is 0.208. The number of pyridine rings is 1. The van der Waals surface area contributed by atoms with Gasteiger partial charge >= 0.3 is 5.63 Å². The molecule has 0 saturated carbocycles. The van der Waals surface area contributed by atoms with Crippen LogP contribution in [0.25, 0.3) is 21.9 Å². The number of rotatable bonds is 5. The Morgan fingerprint density at radius 2 is 1.69 bits per heavy atom. The van der Waals surface area contributed by atoms with Gasteiger partial charge in [0.2, 0.25) is 0 Å². The molecule has 0 aliphatic carbocycles. The molecule has 5 rings (SSSR count). The topological polar surface area (TPSA) is 72.4 Å². The SMILES string of the molecule is CSc1ccc2c(c1)c1oc(=O)c(Sc3ccc(Cl)cc3)c(O)c1c(=O)n2Cc1ccc(F)cc1. The van der Waals surface area contributed by atoms with Crippen LogP contribution in [-0.4, -0.2) is 15.9 Å². The molecule has 0 saturated heterocycles. The number of aromatic hydroxyl groups is 1. The fourth-order valence-electron chi connectivity index (χ4n) is 3.84. The smallest absolute Gasteiger partial charge is 0.354 e. The Kier molecular flexibility index (Phi) is 6.35. The summed E-state index contributed by atoms with van der Waals surface area (Å²) in [7, 11) is 0. The lowest BCUT2D eigenvalue weighted by Gasteiger charge is -2.15. The van der Waals surface area contributed by atoms with Crippen molar-refractivity contribution in [3.05, 3.63) is 104 Å². The Morgan fingerprint density at radius 1 is 1.00 bits per heavy atom. The molecule has 3 aromatic carbocycles. The zero-order chi connectivity index (χ0) is 24.7. The second kappa shape index (κ2) is 9.45. The highest BCUT2D eigenvalue weighted by Gasteiger charge is 2.22. The van der Waals surface area contributed by atoms with Gasteiger partial charge in [-0.15, -0.1) is 11.8 Å². The van der Waals surface area contributed by atoms with E-state index in [1.807, 2.05) is 18.4 Å². The maximum absolute atomic E-state index is 13.7. The van der Waals surface area contributed by atoms with Crippen LogP contribution in [0.2, 0.25) is 5.02 Å². The number of hydrogen-bond acceptors (Lipinski definition) is 6. The van der Waals surface area contributed by atoms with Crippen molar-refractivity contribution in [2.45, 2.75) is 21.2 Å². The summed E-state index contributed by atoms with van der Waals surface area (Å²) in [6.45, 7) is 0.141. The van der Waals surface area contributed by atoms with Gasteiger partial charge in [-0.05, 0) is 66.4 Å². The van der Waals surface area contributed by atoms with Gasteiger partial charge in [-0.2, -0.15) is 0 Å². The minimum atomic E-state index is -0.749. The Bertz CT molecular complexity index is 1700. The molecule has 0 fully saturated rings. The molecule has 5 aromatic rings. The van der Waals surface area contributed by atoms with Crippen LogP contribution in [0.4, 0.5) is 4.39 Å². The molecular weight excluding hydrogens is 509 g/mol. The Morgan fingerprint density at radius 3 is 2.37 bits per heavy atom. The van der Waals surface area contributed by atoms with Gasteiger partial charge in [0.15, 0.2) is 11.3 Å². The van der Waals surface area contributed by atoms with E-state index in [-0.39, 0.29) is 28.2 Å². The van der Waals surface area contributed by atoms with Crippen LogP contribution in [0.3, 0.4) is 0 Å². The average molecular weight is 526 g/mol. The Balaban J connectivity index is 1.79. The second-order valence-electron chi connectivity index (χ2n) is 7.73. The maximum Gasteiger partial charge on any atom is 0.354 e. The van der Waals surface area contributed by atoms with E-state index in [4.69, 9.17) is 16.0 Å². The summed E-state index contributed by atoms with van der Waals surface area (Å²) < 4.78 is 20.6. The zero-order valence-electron chi connectivity index (χ0n) is 18.2. The number of benzene rings is 3. The predicted octanol–water partition coefficient (Wildman–Crippen LogP) is 6.53. The summed E-state index contributed by atoms with van der Waals surface area (Å²) >= 11 is 8.43. The fourth-order valence-corrected chi connectivity index (χ4v) is 5.24. The molecule has 2 aromatic heterocycles. The molecule has 0 unspecified atom stereocenters. The molecule has 1 N–H and O–H groups in total. The molecule has 2 heterocycles. The van der Waals surface area contributed by atoms with Crippen molar-refractivity contribution in [3.63, 3.8) is 0 Å². The number of halogens is 2. The number of aromatic nitrogens is 1. The molecular formula is C26H17ClFNO4S2. The molecule has 0 spiro atoms. The van der Waals surface area contributed by atoms with Crippen LogP contribution in [0.1, 0.15) is 5.56 Å². The largest absolute Gasteiger partial charge is 0.505 e. The number of thioether (sulfide) groups is 1. The second-order valence-corrected chi connectivity index (χ2v) is 10.1. The van der Waals surface area contributed by atoms with Crippen LogP contribution >= 0.6 is 35.1 Å². The molecule has 0 aliphatic heterocycles. The average Bonchev–Trinajstić information content (AvgIpc) is 2.86. The van der Waals surface area contributed by atoms with Gasteiger partial charge in [-0.1, -0.05) is 35.5 Å². The van der Waals surface area contributed by atoms with Gasteiger partial charge in [-0.3, -0.25) is 4.79 Å². The maximum atomic E-state index is 13.7. The van der Waals surface area contributed by atoms with Crippen molar-refractivity contribution < 1.29 is 13.9 Å². The third-order valence-corrected chi connectivity index (χ3v) is 7.59. The lowest BCUT2D eigenvalue weighted by molar-refractivity contribution is 0.446. The van der Waals surface area contributed by atoms with Gasteiger partial charge in [0.25, 0.3) is 5.56 Å². The monoisotopic (exact) mass is 525 g/mol. The lowest BCUT2D eigenvalue weighted by atomic mass is 10.1. The van der Waals surface area contributed by atoms with E-state index in [1.165, 1.54) is 28.5 Å². The minimum absolute atomic E-state index is 0.0270. The first kappa shape index (κ1) is 23.5. The van der Waals surface area contributed by atoms with E-state index in [0.717, 1.165) is 16.7 Å². The molecule has 0 atom stereocenters. The van der Waals surface area contributed by atoms with Gasteiger partial charge in [0.1, 0.15) is 16.1 Å². The zero-order valence-corrected chi connectivity index (χ0v) is 20.6. The first-order chi connectivity index (χ1) is 16.9. The summed E-state index contributed by atoms with van der Waals surface area (Å²) in [4.78, 5) is 28.1. The third kappa shape index (κ3) is 4.45. The molecule has 176 valence electrons. The van der Waals surface area contributed by atoms with Crippen LogP contribution < -0.4 is 11.2 Å². The van der Waals surface area contributed by atoms with E-state index < -0.39 is 16.9 Å². The van der Waals surface area contributed by atoms with Crippen LogP contribution in [-0.2, 0) is 6.54 Å². The first-order valence-corrected chi connectivity index (χ1v) is 12.9. The molecule has 5 nitrogen and oxygen atoms in total. The van der Waals surface area contributed by atoms with Gasteiger partial charge in [-0.25, -0.2) is 9.18 Å². The summed E-state index contributed by atoms with van der Waals surface area (Å²) in [6, 6.07) is 18.0. The van der Waals surface area contributed by atoms with Crippen LogP contribution in [0, 0.1) is 5.82 Å². The molecule has 0 aliphatic rings. The van der Waals surface area contributed by atoms with Crippen molar-refractivity contribution in [3.8, 4) is 5.75 Å². The van der Waals surface area contributed by atoms with Gasteiger partial charge < -0.3 is 14.1 Å². The highest BCUT2D eigenvalue weighted by atomic mass is 35.5. The Hall–Kier alpha value is -3.20. The summed E-state index contributed by atoms with van der Waals surface area (Å²) in [5.41, 5.74) is -0.00496. The molecule has 35 heavy (non-hydrogen) atoms. The summed E-state index contributed by atoms with van der Waals surface area (Å²) in [5, 5.41) is 12.1. The van der Waals surface area contributed by atoms with E-state index in [9.17, 15) is 19.1 Å². The number of fused-ring (bicyclic) bond motifs is 3. The van der Waals surface area contributed by atoms with Gasteiger partial charge in [0.05, 0.1) is 12.1 Å². The highest BCUT2D eigenvalue weighted by molar-refractivity contribution is 7.99. The van der Waals surface area contributed by atoms with E-state index in [0.29, 0.717) is 26.4 Å². The van der Waals surface area contributed by atoms with Crippen LogP contribution in [0.15, 0.2) is 95.4 Å². The molecule has 0 bridgehead atoms. The molecule has 9 heteroatoms. The molecule has 0 amide bonds. The standard InChI is InChI=1S/C26H17ClFNO4S2/c1-34-18-10-11-20-19(12-18)23-21(25(31)29(20)13-14-2-6-16(28)7-3-14)22(30)24(26(32)33-23)35-17-8-4-15(27)5-9-17/h2-12,30H,13H2,1H3. The predicted molar refractivity (Wildman–Crippen MR) is 139 cm³/mol. The van der Waals surface area contributed by atoms with Crippen molar-refractivity contribution in [1.29, 1.82) is 0 Å². The minimum Gasteiger partial charge on any atom is -0.505 e.